The molecule has 5 heteroatoms. The summed E-state index contributed by atoms with van der Waals surface area (Å²) in [5.41, 5.74) is 2.90. The van der Waals surface area contributed by atoms with Crippen molar-refractivity contribution in [2.45, 2.75) is 13.8 Å². The van der Waals surface area contributed by atoms with Crippen LogP contribution in [0.4, 0.5) is 0 Å². The predicted molar refractivity (Wildman–Crippen MR) is 82.8 cm³/mol. The number of nitrogens with one attached hydrogen (secondary N) is 1. The Labute approximate surface area is 124 Å². The van der Waals surface area contributed by atoms with E-state index >= 15 is 0 Å². The SMILES string of the molecule is Cc1nc(-c2ccc(Br)c3cccnc23)[nH]c(=O)c1C. The average molecular weight is 330 g/mol. The van der Waals surface area contributed by atoms with E-state index in [-0.39, 0.29) is 5.56 Å². The number of aryl methyl sites for hydroxylation is 1. The summed E-state index contributed by atoms with van der Waals surface area (Å²) in [6.07, 6.45) is 1.73. The Morgan fingerprint density at radius 1 is 1.20 bits per heavy atom. The third kappa shape index (κ3) is 2.04. The molecule has 100 valence electrons. The van der Waals surface area contributed by atoms with E-state index in [1.54, 1.807) is 13.1 Å². The first-order valence-electron chi connectivity index (χ1n) is 6.19. The molecule has 0 amide bonds. The molecule has 0 bridgehead atoms. The zero-order valence-corrected chi connectivity index (χ0v) is 12.7. The van der Waals surface area contributed by atoms with Gasteiger partial charge in [-0.3, -0.25) is 9.78 Å². The second kappa shape index (κ2) is 4.83. The molecule has 2 aromatic heterocycles. The lowest BCUT2D eigenvalue weighted by Crippen LogP contribution is -2.14. The van der Waals surface area contributed by atoms with Crippen molar-refractivity contribution >= 4 is 26.8 Å². The highest BCUT2D eigenvalue weighted by molar-refractivity contribution is 9.10. The monoisotopic (exact) mass is 329 g/mol. The number of fused-ring (bicyclic) bond motifs is 1. The quantitative estimate of drug-likeness (QED) is 0.744. The first kappa shape index (κ1) is 13.0. The van der Waals surface area contributed by atoms with Crippen LogP contribution in [0.1, 0.15) is 11.3 Å². The molecule has 0 fully saturated rings. The summed E-state index contributed by atoms with van der Waals surface area (Å²) < 4.78 is 0.968. The van der Waals surface area contributed by atoms with E-state index in [2.05, 4.69) is 30.9 Å². The summed E-state index contributed by atoms with van der Waals surface area (Å²) in [6.45, 7) is 3.60. The van der Waals surface area contributed by atoms with Crippen molar-refractivity contribution in [2.75, 3.05) is 0 Å². The van der Waals surface area contributed by atoms with Crippen molar-refractivity contribution < 1.29 is 0 Å². The maximum absolute atomic E-state index is 11.9. The Morgan fingerprint density at radius 2 is 2.00 bits per heavy atom. The number of aromatic nitrogens is 3. The number of pyridine rings is 1. The van der Waals surface area contributed by atoms with Gasteiger partial charge in [0.05, 0.1) is 5.52 Å². The van der Waals surface area contributed by atoms with E-state index in [0.29, 0.717) is 11.4 Å². The van der Waals surface area contributed by atoms with Crippen molar-refractivity contribution in [3.63, 3.8) is 0 Å². The van der Waals surface area contributed by atoms with Crippen molar-refractivity contribution in [2.24, 2.45) is 0 Å². The van der Waals surface area contributed by atoms with Gasteiger partial charge in [-0.25, -0.2) is 4.98 Å². The zero-order chi connectivity index (χ0) is 14.3. The first-order valence-corrected chi connectivity index (χ1v) is 6.98. The van der Waals surface area contributed by atoms with E-state index in [1.807, 2.05) is 31.2 Å². The van der Waals surface area contributed by atoms with Gasteiger partial charge in [0.2, 0.25) is 0 Å². The van der Waals surface area contributed by atoms with Crippen LogP contribution in [-0.2, 0) is 0 Å². The van der Waals surface area contributed by atoms with Gasteiger partial charge < -0.3 is 4.98 Å². The van der Waals surface area contributed by atoms with Gasteiger partial charge in [-0.15, -0.1) is 0 Å². The Balaban J connectivity index is 2.36. The molecule has 0 saturated carbocycles. The molecule has 0 unspecified atom stereocenters. The van der Waals surface area contributed by atoms with E-state index in [4.69, 9.17) is 0 Å². The van der Waals surface area contributed by atoms with Crippen LogP contribution in [0, 0.1) is 13.8 Å². The number of H-pyrrole nitrogens is 1. The molecule has 20 heavy (non-hydrogen) atoms. The highest BCUT2D eigenvalue weighted by Gasteiger charge is 2.11. The third-order valence-electron chi connectivity index (χ3n) is 3.37. The van der Waals surface area contributed by atoms with Gasteiger partial charge in [-0.1, -0.05) is 22.0 Å². The lowest BCUT2D eigenvalue weighted by atomic mass is 10.1. The van der Waals surface area contributed by atoms with Crippen LogP contribution >= 0.6 is 15.9 Å². The van der Waals surface area contributed by atoms with Gasteiger partial charge in [-0.2, -0.15) is 0 Å². The first-order chi connectivity index (χ1) is 9.58. The molecule has 3 rings (SSSR count). The molecular weight excluding hydrogens is 318 g/mol. The molecule has 2 heterocycles. The van der Waals surface area contributed by atoms with Crippen molar-refractivity contribution in [1.82, 2.24) is 15.0 Å². The molecule has 0 radical (unpaired) electrons. The van der Waals surface area contributed by atoms with Gasteiger partial charge in [0.1, 0.15) is 5.82 Å². The number of hydrogen-bond donors (Lipinski definition) is 1. The molecule has 0 aliphatic heterocycles. The van der Waals surface area contributed by atoms with E-state index < -0.39 is 0 Å². The summed E-state index contributed by atoms with van der Waals surface area (Å²) in [5, 5.41) is 0.992. The fourth-order valence-electron chi connectivity index (χ4n) is 2.10. The topological polar surface area (TPSA) is 58.6 Å². The number of aromatic amines is 1. The summed E-state index contributed by atoms with van der Waals surface area (Å²) >= 11 is 3.51. The number of benzene rings is 1. The minimum absolute atomic E-state index is 0.112. The molecule has 0 saturated heterocycles. The van der Waals surface area contributed by atoms with Crippen LogP contribution in [0.2, 0.25) is 0 Å². The maximum atomic E-state index is 11.9. The second-order valence-electron chi connectivity index (χ2n) is 4.62. The fourth-order valence-corrected chi connectivity index (χ4v) is 2.55. The molecule has 1 N–H and O–H groups in total. The molecule has 0 spiro atoms. The van der Waals surface area contributed by atoms with E-state index in [9.17, 15) is 4.79 Å². The van der Waals surface area contributed by atoms with Gasteiger partial charge in [0.15, 0.2) is 0 Å². The second-order valence-corrected chi connectivity index (χ2v) is 5.47. The van der Waals surface area contributed by atoms with Crippen LogP contribution < -0.4 is 5.56 Å². The number of nitrogens with zero attached hydrogens (tertiary/aromatic N) is 2. The van der Waals surface area contributed by atoms with Crippen LogP contribution in [0.25, 0.3) is 22.3 Å². The third-order valence-corrected chi connectivity index (χ3v) is 4.06. The van der Waals surface area contributed by atoms with Gasteiger partial charge in [0.25, 0.3) is 5.56 Å². The Bertz CT molecular complexity index is 871. The Hall–Kier alpha value is -2.01. The van der Waals surface area contributed by atoms with Crippen molar-refractivity contribution in [1.29, 1.82) is 0 Å². The molecule has 4 nitrogen and oxygen atoms in total. The number of rotatable bonds is 1. The summed E-state index contributed by atoms with van der Waals surface area (Å²) in [4.78, 5) is 23.6. The molecule has 1 aromatic carbocycles. The molecule has 0 aliphatic rings. The number of hydrogen-bond acceptors (Lipinski definition) is 3. The summed E-state index contributed by atoms with van der Waals surface area (Å²) in [5.74, 6) is 0.550. The van der Waals surface area contributed by atoms with Crippen LogP contribution in [-0.4, -0.2) is 15.0 Å². The lowest BCUT2D eigenvalue weighted by molar-refractivity contribution is 1.03. The van der Waals surface area contributed by atoms with Crippen LogP contribution in [0.3, 0.4) is 0 Å². The summed E-state index contributed by atoms with van der Waals surface area (Å²) in [6, 6.07) is 7.71. The van der Waals surface area contributed by atoms with Gasteiger partial charge >= 0.3 is 0 Å². The minimum atomic E-state index is -0.112. The van der Waals surface area contributed by atoms with Crippen molar-refractivity contribution in [3.05, 3.63) is 56.5 Å². The number of halogens is 1. The highest BCUT2D eigenvalue weighted by atomic mass is 79.9. The molecule has 3 aromatic rings. The molecule has 0 aliphatic carbocycles. The van der Waals surface area contributed by atoms with Gasteiger partial charge in [-0.05, 0) is 32.0 Å². The van der Waals surface area contributed by atoms with E-state index in [0.717, 1.165) is 26.6 Å². The van der Waals surface area contributed by atoms with E-state index in [1.165, 1.54) is 0 Å². The zero-order valence-electron chi connectivity index (χ0n) is 11.1. The standard InChI is InChI=1S/C15H12BrN3O/c1-8-9(2)18-14(19-15(8)20)11-5-6-12(16)10-4-3-7-17-13(10)11/h3-7H,1-2H3,(H,18,19,20). The minimum Gasteiger partial charge on any atom is -0.306 e. The maximum Gasteiger partial charge on any atom is 0.254 e. The molecular formula is C15H12BrN3O. The van der Waals surface area contributed by atoms with Crippen LogP contribution in [0.15, 0.2) is 39.7 Å². The molecule has 0 atom stereocenters. The largest absolute Gasteiger partial charge is 0.306 e. The Morgan fingerprint density at radius 3 is 2.75 bits per heavy atom. The fraction of sp³-hybridized carbons (Fsp3) is 0.133. The summed E-state index contributed by atoms with van der Waals surface area (Å²) in [7, 11) is 0. The average Bonchev–Trinajstić information content (AvgIpc) is 2.45. The normalized spacial score (nSPS) is 10.9. The smallest absolute Gasteiger partial charge is 0.254 e. The lowest BCUT2D eigenvalue weighted by Gasteiger charge is -2.08. The van der Waals surface area contributed by atoms with Crippen molar-refractivity contribution in [3.8, 4) is 11.4 Å². The highest BCUT2D eigenvalue weighted by Crippen LogP contribution is 2.29. The predicted octanol–water partition coefficient (Wildman–Crippen LogP) is 3.36. The Kier molecular flexibility index (Phi) is 3.14. The van der Waals surface area contributed by atoms with Crippen LogP contribution in [0.5, 0.6) is 0 Å². The van der Waals surface area contributed by atoms with Gasteiger partial charge in [0, 0.05) is 32.9 Å².